The molecule has 0 aliphatic heterocycles. The summed E-state index contributed by atoms with van der Waals surface area (Å²) in [6.45, 7) is 5.52. The summed E-state index contributed by atoms with van der Waals surface area (Å²) in [5.74, 6) is 6.13. The predicted molar refractivity (Wildman–Crippen MR) is 162 cm³/mol. The first-order valence-electron chi connectivity index (χ1n) is 14.5. The molecule has 0 unspecified atom stereocenters. The maximum atomic E-state index is 13.6. The molecule has 0 saturated heterocycles. The molecule has 1 heterocycles. The van der Waals surface area contributed by atoms with E-state index in [1.807, 2.05) is 6.07 Å². The average molecular weight is 584 g/mol. The number of carbonyl (C=O) groups excluding carboxylic acids is 1. The minimum absolute atomic E-state index is 0.171. The average Bonchev–Trinajstić information content (AvgIpc) is 3.32. The van der Waals surface area contributed by atoms with Gasteiger partial charge >= 0.3 is 6.18 Å². The van der Waals surface area contributed by atoms with Gasteiger partial charge in [-0.25, -0.2) is 0 Å². The lowest BCUT2D eigenvalue weighted by atomic mass is 9.90. The standard InChI is InChI=1S/C32H40F3N5O2/c1-5-39(6-2)24-15-13-23(14-16-24)38-27-10-7-11-29-26(27)20-25(40(29)21-32(33,34)35)9-8-18-37-28-17-12-22(31(41)36-3)19-30(28)42-4/h7,10-12,17,19-20,23-24,37-38H,5-6,13-16,18,21H2,1-4H3,(H,36,41)/t23-,24-. The van der Waals surface area contributed by atoms with Crippen LogP contribution in [0, 0.1) is 11.8 Å². The Morgan fingerprint density at radius 3 is 2.45 bits per heavy atom. The molecular weight excluding hydrogens is 543 g/mol. The van der Waals surface area contributed by atoms with Gasteiger partial charge in [-0.15, -0.1) is 0 Å². The van der Waals surface area contributed by atoms with E-state index in [0.717, 1.165) is 49.8 Å². The van der Waals surface area contributed by atoms with Crippen LogP contribution in [0.4, 0.5) is 24.5 Å². The summed E-state index contributed by atoms with van der Waals surface area (Å²) < 4.78 is 47.5. The second-order valence-corrected chi connectivity index (χ2v) is 10.5. The van der Waals surface area contributed by atoms with Gasteiger partial charge in [-0.1, -0.05) is 25.8 Å². The Kier molecular flexibility index (Phi) is 10.3. The summed E-state index contributed by atoms with van der Waals surface area (Å²) >= 11 is 0. The lowest BCUT2D eigenvalue weighted by molar-refractivity contribution is -0.140. The fourth-order valence-electron chi connectivity index (χ4n) is 5.81. The highest BCUT2D eigenvalue weighted by Crippen LogP contribution is 2.33. The number of hydrogen-bond acceptors (Lipinski definition) is 5. The monoisotopic (exact) mass is 583 g/mol. The van der Waals surface area contributed by atoms with Crippen molar-refractivity contribution in [3.63, 3.8) is 0 Å². The number of methoxy groups -OCH3 is 1. The zero-order chi connectivity index (χ0) is 30.3. The maximum absolute atomic E-state index is 13.6. The molecule has 1 fully saturated rings. The van der Waals surface area contributed by atoms with Crippen LogP contribution in [0.1, 0.15) is 55.6 Å². The Morgan fingerprint density at radius 2 is 1.81 bits per heavy atom. The quantitative estimate of drug-likeness (QED) is 0.252. The Labute approximate surface area is 245 Å². The van der Waals surface area contributed by atoms with Crippen LogP contribution < -0.4 is 20.7 Å². The third-order valence-electron chi connectivity index (χ3n) is 7.94. The topological polar surface area (TPSA) is 70.6 Å². The van der Waals surface area contributed by atoms with E-state index in [1.54, 1.807) is 43.4 Å². The summed E-state index contributed by atoms with van der Waals surface area (Å²) in [5, 5.41) is 10.1. The number of nitrogens with one attached hydrogen (secondary N) is 3. The van der Waals surface area contributed by atoms with Gasteiger partial charge in [0.05, 0.1) is 30.6 Å². The molecule has 0 atom stereocenters. The van der Waals surface area contributed by atoms with Crippen molar-refractivity contribution in [1.82, 2.24) is 14.8 Å². The number of hydrogen-bond donors (Lipinski definition) is 3. The SMILES string of the molecule is CCN(CC)[C@H]1CC[C@H](Nc2cccc3c2cc(C#CCNc2ccc(C(=O)NC)cc2OC)n3CC(F)(F)F)CC1. The zero-order valence-electron chi connectivity index (χ0n) is 24.7. The number of alkyl halides is 3. The van der Waals surface area contributed by atoms with E-state index >= 15 is 0 Å². The first-order valence-corrected chi connectivity index (χ1v) is 14.5. The van der Waals surface area contributed by atoms with Crippen LogP contribution >= 0.6 is 0 Å². The predicted octanol–water partition coefficient (Wildman–Crippen LogP) is 6.10. The first-order chi connectivity index (χ1) is 20.2. The normalized spacial score (nSPS) is 17.0. The van der Waals surface area contributed by atoms with Gasteiger partial charge < -0.3 is 30.2 Å². The number of halogens is 3. The number of amides is 1. The fraction of sp³-hybridized carbons (Fsp3) is 0.469. The molecule has 3 aromatic rings. The lowest BCUT2D eigenvalue weighted by Crippen LogP contribution is -2.40. The first kappa shape index (κ1) is 31.1. The van der Waals surface area contributed by atoms with E-state index < -0.39 is 12.7 Å². The highest BCUT2D eigenvalue weighted by Gasteiger charge is 2.30. The maximum Gasteiger partial charge on any atom is 0.406 e. The molecule has 1 aliphatic carbocycles. The highest BCUT2D eigenvalue weighted by atomic mass is 19.4. The summed E-state index contributed by atoms with van der Waals surface area (Å²) in [6.07, 6.45) is -0.146. The van der Waals surface area contributed by atoms with Crippen molar-refractivity contribution in [2.24, 2.45) is 0 Å². The third kappa shape index (κ3) is 7.51. The second-order valence-electron chi connectivity index (χ2n) is 10.5. The molecule has 0 spiro atoms. The van der Waals surface area contributed by atoms with Crippen LogP contribution in [0.5, 0.6) is 5.75 Å². The van der Waals surface area contributed by atoms with Crippen molar-refractivity contribution in [2.75, 3.05) is 44.4 Å². The lowest BCUT2D eigenvalue weighted by Gasteiger charge is -2.36. The Morgan fingerprint density at radius 1 is 1.07 bits per heavy atom. The Bertz CT molecular complexity index is 1430. The van der Waals surface area contributed by atoms with Crippen molar-refractivity contribution >= 4 is 28.2 Å². The van der Waals surface area contributed by atoms with Crippen LogP contribution in [-0.4, -0.2) is 67.4 Å². The van der Waals surface area contributed by atoms with Crippen LogP contribution in [0.2, 0.25) is 0 Å². The summed E-state index contributed by atoms with van der Waals surface area (Å²) in [4.78, 5) is 14.4. The molecule has 226 valence electrons. The van der Waals surface area contributed by atoms with Gasteiger partial charge in [-0.3, -0.25) is 4.79 Å². The van der Waals surface area contributed by atoms with E-state index in [1.165, 1.54) is 11.7 Å². The number of benzene rings is 2. The minimum atomic E-state index is -4.40. The smallest absolute Gasteiger partial charge is 0.406 e. The number of carbonyl (C=O) groups is 1. The minimum Gasteiger partial charge on any atom is -0.495 e. The van der Waals surface area contributed by atoms with Crippen LogP contribution in [-0.2, 0) is 6.54 Å². The van der Waals surface area contributed by atoms with Gasteiger partial charge in [0.25, 0.3) is 5.91 Å². The number of nitrogens with zero attached hydrogens (tertiary/aromatic N) is 2. The van der Waals surface area contributed by atoms with Crippen molar-refractivity contribution < 1.29 is 22.7 Å². The Hall–Kier alpha value is -3.84. The zero-order valence-corrected chi connectivity index (χ0v) is 24.7. The largest absolute Gasteiger partial charge is 0.495 e. The summed E-state index contributed by atoms with van der Waals surface area (Å²) in [7, 11) is 3.05. The van der Waals surface area contributed by atoms with Gasteiger partial charge in [-0.2, -0.15) is 13.2 Å². The van der Waals surface area contributed by atoms with Crippen molar-refractivity contribution in [2.45, 2.75) is 64.3 Å². The van der Waals surface area contributed by atoms with Gasteiger partial charge in [0.15, 0.2) is 0 Å². The van der Waals surface area contributed by atoms with Crippen molar-refractivity contribution in [3.8, 4) is 17.6 Å². The fourth-order valence-corrected chi connectivity index (χ4v) is 5.81. The molecule has 1 aromatic heterocycles. The van der Waals surface area contributed by atoms with Crippen molar-refractivity contribution in [3.05, 3.63) is 53.7 Å². The second kappa shape index (κ2) is 13.9. The van der Waals surface area contributed by atoms with Crippen LogP contribution in [0.15, 0.2) is 42.5 Å². The number of fused-ring (bicyclic) bond motifs is 1. The molecule has 1 aliphatic rings. The van der Waals surface area contributed by atoms with E-state index in [0.29, 0.717) is 34.3 Å². The molecule has 42 heavy (non-hydrogen) atoms. The molecule has 10 heteroatoms. The van der Waals surface area contributed by atoms with E-state index in [9.17, 15) is 18.0 Å². The Balaban J connectivity index is 1.54. The van der Waals surface area contributed by atoms with E-state index in [2.05, 4.69) is 46.5 Å². The summed E-state index contributed by atoms with van der Waals surface area (Å²) in [6, 6.07) is 13.0. The molecule has 1 amide bonds. The van der Waals surface area contributed by atoms with Gasteiger partial charge in [0, 0.05) is 35.8 Å². The molecule has 3 N–H and O–H groups in total. The molecule has 0 bridgehead atoms. The van der Waals surface area contributed by atoms with Crippen molar-refractivity contribution in [1.29, 1.82) is 0 Å². The van der Waals surface area contributed by atoms with Gasteiger partial charge in [0.1, 0.15) is 12.3 Å². The molecular formula is C32H40F3N5O2. The number of rotatable bonds is 10. The van der Waals surface area contributed by atoms with Crippen LogP contribution in [0.25, 0.3) is 10.9 Å². The molecule has 4 rings (SSSR count). The van der Waals surface area contributed by atoms with Gasteiger partial charge in [0.2, 0.25) is 0 Å². The molecule has 0 radical (unpaired) electrons. The summed E-state index contributed by atoms with van der Waals surface area (Å²) in [5.41, 5.74) is 2.70. The molecule has 1 saturated carbocycles. The molecule has 7 nitrogen and oxygen atoms in total. The van der Waals surface area contributed by atoms with Gasteiger partial charge in [-0.05, 0) is 81.1 Å². The van der Waals surface area contributed by atoms with Crippen LogP contribution in [0.3, 0.4) is 0 Å². The van der Waals surface area contributed by atoms with E-state index in [-0.39, 0.29) is 18.5 Å². The number of anilines is 2. The van der Waals surface area contributed by atoms with E-state index in [4.69, 9.17) is 4.74 Å². The number of aromatic nitrogens is 1. The molecule has 2 aromatic carbocycles. The third-order valence-corrected chi connectivity index (χ3v) is 7.94. The highest BCUT2D eigenvalue weighted by molar-refractivity contribution is 5.95. The number of ether oxygens (including phenoxy) is 1.